The molecule has 1 N–H and O–H groups in total. The van der Waals surface area contributed by atoms with Crippen LogP contribution < -0.4 is 5.32 Å². The highest BCUT2D eigenvalue weighted by molar-refractivity contribution is 5.92. The molecule has 0 saturated carbocycles. The maximum atomic E-state index is 13.0. The monoisotopic (exact) mass is 431 g/mol. The van der Waals surface area contributed by atoms with Gasteiger partial charge >= 0.3 is 6.18 Å². The molecule has 10 heteroatoms. The molecular weight excluding hydrogens is 407 g/mol. The molecule has 1 amide bonds. The minimum atomic E-state index is -4.48. The fourth-order valence-corrected chi connectivity index (χ4v) is 3.27. The van der Waals surface area contributed by atoms with Crippen LogP contribution in [0.4, 0.5) is 13.2 Å². The molecule has 1 fully saturated rings. The Hall–Kier alpha value is -2.13. The summed E-state index contributed by atoms with van der Waals surface area (Å²) in [6, 6.07) is 7.63. The van der Waals surface area contributed by atoms with E-state index in [2.05, 4.69) is 15.6 Å². The Labute approximate surface area is 173 Å². The van der Waals surface area contributed by atoms with Crippen LogP contribution >= 0.6 is 12.4 Å². The third-order valence-corrected chi connectivity index (χ3v) is 4.86. The van der Waals surface area contributed by atoms with Crippen LogP contribution in [0.25, 0.3) is 0 Å². The minimum Gasteiger partial charge on any atom is -0.328 e. The molecule has 6 nitrogen and oxygen atoms in total. The first-order valence-electron chi connectivity index (χ1n) is 9.36. The summed E-state index contributed by atoms with van der Waals surface area (Å²) in [5.41, 5.74) is 1.90. The maximum absolute atomic E-state index is 13.0. The fourth-order valence-electron chi connectivity index (χ4n) is 3.27. The van der Waals surface area contributed by atoms with Crippen LogP contribution in [0.1, 0.15) is 40.5 Å². The smallest absolute Gasteiger partial charge is 0.328 e. The zero-order valence-corrected chi connectivity index (χ0v) is 17.0. The topological polar surface area (TPSA) is 63.1 Å². The van der Waals surface area contributed by atoms with E-state index in [1.807, 2.05) is 31.2 Å². The Balaban J connectivity index is 0.00000300. The lowest BCUT2D eigenvalue weighted by Gasteiger charge is -2.23. The van der Waals surface area contributed by atoms with Gasteiger partial charge in [0.25, 0.3) is 5.91 Å². The predicted octanol–water partition coefficient (Wildman–Crippen LogP) is 3.18. The van der Waals surface area contributed by atoms with E-state index in [0.717, 1.165) is 42.0 Å². The van der Waals surface area contributed by atoms with Crippen molar-refractivity contribution in [3.8, 4) is 0 Å². The van der Waals surface area contributed by atoms with Gasteiger partial charge < -0.3 is 10.2 Å². The Morgan fingerprint density at radius 1 is 1.24 bits per heavy atom. The molecule has 0 spiro atoms. The molecule has 0 unspecified atom stereocenters. The normalized spacial score (nSPS) is 15.0. The lowest BCUT2D eigenvalue weighted by atomic mass is 10.1. The summed E-state index contributed by atoms with van der Waals surface area (Å²) in [4.78, 5) is 13.5. The highest BCUT2D eigenvalue weighted by atomic mass is 35.5. The van der Waals surface area contributed by atoms with E-state index < -0.39 is 18.6 Å². The first-order chi connectivity index (χ1) is 13.3. The van der Waals surface area contributed by atoms with Gasteiger partial charge in [-0.25, -0.2) is 4.68 Å². The average molecular weight is 432 g/mol. The molecule has 1 saturated heterocycles. The van der Waals surface area contributed by atoms with Crippen molar-refractivity contribution in [3.63, 3.8) is 0 Å². The van der Waals surface area contributed by atoms with Crippen molar-refractivity contribution < 1.29 is 18.0 Å². The second-order valence-electron chi connectivity index (χ2n) is 7.14. The number of alkyl halides is 3. The largest absolute Gasteiger partial charge is 0.406 e. The van der Waals surface area contributed by atoms with Crippen LogP contribution in [0.3, 0.4) is 0 Å². The molecular formula is C19H25ClF3N5O. The third-order valence-electron chi connectivity index (χ3n) is 4.86. The van der Waals surface area contributed by atoms with Crippen LogP contribution in [-0.2, 0) is 6.42 Å². The molecule has 0 aliphatic carbocycles. The summed E-state index contributed by atoms with van der Waals surface area (Å²) < 4.78 is 40.6. The van der Waals surface area contributed by atoms with Crippen LogP contribution in [0, 0.1) is 6.92 Å². The Kier molecular flexibility index (Phi) is 8.04. The molecule has 2 aromatic rings. The van der Waals surface area contributed by atoms with E-state index >= 15 is 0 Å². The number of nitrogens with one attached hydrogen (secondary N) is 1. The summed E-state index contributed by atoms with van der Waals surface area (Å²) in [7, 11) is 0. The number of nitrogens with zero attached hydrogens (tertiary/aromatic N) is 4. The molecule has 0 atom stereocenters. The third kappa shape index (κ3) is 6.71. The molecule has 0 radical (unpaired) electrons. The number of aryl methyl sites for hydroxylation is 1. The number of aromatic nitrogens is 3. The van der Waals surface area contributed by atoms with E-state index in [1.165, 1.54) is 6.20 Å². The predicted molar refractivity (Wildman–Crippen MR) is 105 cm³/mol. The quantitative estimate of drug-likeness (QED) is 0.763. The Bertz CT molecular complexity index is 788. The summed E-state index contributed by atoms with van der Waals surface area (Å²) in [6.07, 6.45) is -0.987. The van der Waals surface area contributed by atoms with Gasteiger partial charge in [-0.05, 0) is 44.8 Å². The molecule has 29 heavy (non-hydrogen) atoms. The number of benzene rings is 1. The molecule has 1 aromatic carbocycles. The van der Waals surface area contributed by atoms with E-state index in [0.29, 0.717) is 6.42 Å². The first-order valence-corrected chi connectivity index (χ1v) is 9.36. The minimum absolute atomic E-state index is 0. The van der Waals surface area contributed by atoms with Gasteiger partial charge in [0.15, 0.2) is 5.69 Å². The number of carbonyl (C=O) groups is 1. The van der Waals surface area contributed by atoms with Crippen molar-refractivity contribution in [2.45, 2.75) is 38.4 Å². The summed E-state index contributed by atoms with van der Waals surface area (Å²) in [5, 5.41) is 11.1. The van der Waals surface area contributed by atoms with Crippen LogP contribution in [0.2, 0.25) is 0 Å². The Morgan fingerprint density at radius 2 is 1.90 bits per heavy atom. The Morgan fingerprint density at radius 3 is 2.52 bits per heavy atom. The van der Waals surface area contributed by atoms with Crippen LogP contribution in [0.15, 0.2) is 30.5 Å². The van der Waals surface area contributed by atoms with E-state index in [1.54, 1.807) is 4.68 Å². The average Bonchev–Trinajstić information content (AvgIpc) is 3.16. The van der Waals surface area contributed by atoms with Crippen molar-refractivity contribution in [2.75, 3.05) is 26.2 Å². The van der Waals surface area contributed by atoms with Crippen molar-refractivity contribution in [1.29, 1.82) is 0 Å². The molecule has 3 rings (SSSR count). The van der Waals surface area contributed by atoms with Gasteiger partial charge in [0, 0.05) is 6.54 Å². The van der Waals surface area contributed by atoms with Gasteiger partial charge in [-0.1, -0.05) is 35.0 Å². The van der Waals surface area contributed by atoms with Crippen LogP contribution in [-0.4, -0.2) is 58.2 Å². The van der Waals surface area contributed by atoms with Gasteiger partial charge in [-0.15, -0.1) is 17.5 Å². The number of hydrogen-bond acceptors (Lipinski definition) is 4. The number of amides is 1. The second kappa shape index (κ2) is 10.1. The molecule has 160 valence electrons. The number of rotatable bonds is 6. The zero-order valence-electron chi connectivity index (χ0n) is 16.2. The van der Waals surface area contributed by atoms with Gasteiger partial charge in [0.1, 0.15) is 6.54 Å². The first kappa shape index (κ1) is 23.2. The lowest BCUT2D eigenvalue weighted by Crippen LogP contribution is -2.40. The molecule has 1 aromatic heterocycles. The van der Waals surface area contributed by atoms with Gasteiger partial charge in [0.05, 0.1) is 12.2 Å². The second-order valence-corrected chi connectivity index (χ2v) is 7.14. The van der Waals surface area contributed by atoms with Gasteiger partial charge in [-0.3, -0.25) is 4.79 Å². The molecule has 1 aliphatic heterocycles. The highest BCUT2D eigenvalue weighted by Gasteiger charge is 2.34. The summed E-state index contributed by atoms with van der Waals surface area (Å²) >= 11 is 0. The summed E-state index contributed by atoms with van der Waals surface area (Å²) in [5.74, 6) is -0.746. The molecule has 2 heterocycles. The SMILES string of the molecule is Cc1ccc(CCN(CC(F)(F)F)C(=O)c2cn(C3CCNCC3)nn2)cc1.Cl. The highest BCUT2D eigenvalue weighted by Crippen LogP contribution is 2.20. The van der Waals surface area contributed by atoms with Gasteiger partial charge in [-0.2, -0.15) is 13.2 Å². The van der Waals surface area contributed by atoms with Crippen molar-refractivity contribution in [3.05, 3.63) is 47.3 Å². The fraction of sp³-hybridized carbons (Fsp3) is 0.526. The van der Waals surface area contributed by atoms with Crippen molar-refractivity contribution in [1.82, 2.24) is 25.2 Å². The van der Waals surface area contributed by atoms with Crippen LogP contribution in [0.5, 0.6) is 0 Å². The number of halogens is 4. The van der Waals surface area contributed by atoms with E-state index in [-0.39, 0.29) is 30.7 Å². The molecule has 1 aliphatic rings. The summed E-state index contributed by atoms with van der Waals surface area (Å²) in [6.45, 7) is 2.27. The van der Waals surface area contributed by atoms with E-state index in [4.69, 9.17) is 0 Å². The lowest BCUT2D eigenvalue weighted by molar-refractivity contribution is -0.140. The maximum Gasteiger partial charge on any atom is 0.406 e. The van der Waals surface area contributed by atoms with E-state index in [9.17, 15) is 18.0 Å². The molecule has 0 bridgehead atoms. The zero-order chi connectivity index (χ0) is 20.1. The standard InChI is InChI=1S/C19H24F3N5O.ClH/c1-14-2-4-15(5-3-14)8-11-26(13-19(20,21)22)18(28)17-12-27(25-24-17)16-6-9-23-10-7-16;/h2-5,12,16,23H,6-11,13H2,1H3;1H. The number of piperidine rings is 1. The number of hydrogen-bond donors (Lipinski definition) is 1. The van der Waals surface area contributed by atoms with Crippen molar-refractivity contribution >= 4 is 18.3 Å². The number of carbonyl (C=O) groups excluding carboxylic acids is 1. The van der Waals surface area contributed by atoms with Crippen molar-refractivity contribution in [2.24, 2.45) is 0 Å². The van der Waals surface area contributed by atoms with Gasteiger partial charge in [0.2, 0.25) is 0 Å².